The number of halogens is 1. The van der Waals surface area contributed by atoms with Gasteiger partial charge in [-0.05, 0) is 50.1 Å². The maximum absolute atomic E-state index is 13.7. The number of amides is 1. The largest absolute Gasteiger partial charge is 0.503 e. The van der Waals surface area contributed by atoms with Gasteiger partial charge in [0.15, 0.2) is 22.9 Å². The number of rotatable bonds is 8. The second-order valence-electron chi connectivity index (χ2n) is 8.37. The number of benzene rings is 2. The van der Waals surface area contributed by atoms with E-state index in [1.165, 1.54) is 18.1 Å². The van der Waals surface area contributed by atoms with Gasteiger partial charge in [0.1, 0.15) is 5.75 Å². The van der Waals surface area contributed by atoms with Crippen molar-refractivity contribution in [3.05, 3.63) is 70.1 Å². The molecule has 178 valence electrons. The summed E-state index contributed by atoms with van der Waals surface area (Å²) >= 11 is 6.15. The highest BCUT2D eigenvalue weighted by Gasteiger charge is 2.44. The minimum absolute atomic E-state index is 0.0251. The van der Waals surface area contributed by atoms with Crippen molar-refractivity contribution < 1.29 is 28.6 Å². The number of nitrogens with zero attached hydrogens (tertiary/aromatic N) is 1. The summed E-state index contributed by atoms with van der Waals surface area (Å²) in [4.78, 5) is 28.1. The number of methoxy groups -OCH3 is 1. The number of aliphatic hydroxyl groups is 1. The molecule has 1 amide bonds. The van der Waals surface area contributed by atoms with Crippen LogP contribution in [0.5, 0.6) is 11.5 Å². The summed E-state index contributed by atoms with van der Waals surface area (Å²) in [7, 11) is 1.48. The van der Waals surface area contributed by atoms with E-state index < -0.39 is 23.5 Å². The second-order valence-corrected chi connectivity index (χ2v) is 8.81. The Kier molecular flexibility index (Phi) is 6.57. The topological polar surface area (TPSA) is 89.2 Å². The molecule has 1 unspecified atom stereocenters. The summed E-state index contributed by atoms with van der Waals surface area (Å²) in [6.07, 6.45) is 0.606. The Labute approximate surface area is 202 Å². The van der Waals surface area contributed by atoms with Crippen LogP contribution in [0.2, 0.25) is 5.02 Å². The van der Waals surface area contributed by atoms with Crippen LogP contribution in [0.15, 0.2) is 58.2 Å². The molecule has 3 aromatic rings. The molecule has 7 nitrogen and oxygen atoms in total. The highest BCUT2D eigenvalue weighted by Crippen LogP contribution is 2.41. The molecule has 0 radical (unpaired) electrons. The summed E-state index contributed by atoms with van der Waals surface area (Å²) in [5.74, 6) is -0.796. The molecule has 1 aromatic heterocycles. The Morgan fingerprint density at radius 2 is 2.00 bits per heavy atom. The molecule has 1 atom stereocenters. The minimum atomic E-state index is -0.783. The lowest BCUT2D eigenvalue weighted by molar-refractivity contribution is -0.129. The van der Waals surface area contributed by atoms with Crippen LogP contribution in [0.4, 0.5) is 0 Å². The molecular formula is C26H26ClNO6. The van der Waals surface area contributed by atoms with E-state index in [1.807, 2.05) is 26.8 Å². The number of ether oxygens (including phenoxy) is 2. The van der Waals surface area contributed by atoms with Crippen molar-refractivity contribution in [2.24, 2.45) is 0 Å². The summed E-state index contributed by atoms with van der Waals surface area (Å²) in [5.41, 5.74) is 0.974. The summed E-state index contributed by atoms with van der Waals surface area (Å²) in [6.45, 7) is 6.12. The smallest absolute Gasteiger partial charge is 0.290 e. The van der Waals surface area contributed by atoms with Crippen LogP contribution in [0.25, 0.3) is 11.0 Å². The predicted molar refractivity (Wildman–Crippen MR) is 129 cm³/mol. The number of hydrogen-bond donors (Lipinski definition) is 1. The first-order valence-corrected chi connectivity index (χ1v) is 11.4. The number of carbonyl (C=O) groups is 2. The molecular weight excluding hydrogens is 458 g/mol. The molecule has 34 heavy (non-hydrogen) atoms. The van der Waals surface area contributed by atoms with Crippen molar-refractivity contribution in [2.45, 2.75) is 39.3 Å². The normalized spacial score (nSPS) is 16.1. The quantitative estimate of drug-likeness (QED) is 0.403. The molecule has 0 spiro atoms. The number of aliphatic hydroxyl groups excluding tert-OH is 1. The van der Waals surface area contributed by atoms with Gasteiger partial charge in [0, 0.05) is 23.0 Å². The van der Waals surface area contributed by atoms with E-state index in [1.54, 1.807) is 30.3 Å². The van der Waals surface area contributed by atoms with E-state index in [9.17, 15) is 14.7 Å². The van der Waals surface area contributed by atoms with Crippen molar-refractivity contribution in [3.63, 3.8) is 0 Å². The third-order valence-electron chi connectivity index (χ3n) is 5.55. The second kappa shape index (κ2) is 9.43. The van der Waals surface area contributed by atoms with Gasteiger partial charge in [-0.1, -0.05) is 30.7 Å². The van der Waals surface area contributed by atoms with Crippen molar-refractivity contribution >= 4 is 34.3 Å². The minimum Gasteiger partial charge on any atom is -0.503 e. The van der Waals surface area contributed by atoms with E-state index in [0.29, 0.717) is 46.0 Å². The molecule has 0 saturated heterocycles. The zero-order valence-corrected chi connectivity index (χ0v) is 20.2. The molecule has 1 N–H and O–H groups in total. The molecule has 1 aliphatic rings. The van der Waals surface area contributed by atoms with Gasteiger partial charge in [0.2, 0.25) is 5.78 Å². The van der Waals surface area contributed by atoms with Gasteiger partial charge < -0.3 is 23.9 Å². The van der Waals surface area contributed by atoms with Gasteiger partial charge in [-0.15, -0.1) is 0 Å². The lowest BCUT2D eigenvalue weighted by atomic mass is 9.94. The summed E-state index contributed by atoms with van der Waals surface area (Å²) < 4.78 is 17.0. The fraction of sp³-hybridized carbons (Fsp3) is 0.308. The van der Waals surface area contributed by atoms with Crippen LogP contribution in [0.3, 0.4) is 0 Å². The highest BCUT2D eigenvalue weighted by molar-refractivity contribution is 6.31. The van der Waals surface area contributed by atoms with Crippen LogP contribution in [0, 0.1) is 0 Å². The summed E-state index contributed by atoms with van der Waals surface area (Å²) in [5, 5.41) is 11.8. The fourth-order valence-electron chi connectivity index (χ4n) is 4.22. The number of hydrogen-bond acceptors (Lipinski definition) is 6. The van der Waals surface area contributed by atoms with Crippen molar-refractivity contribution in [1.29, 1.82) is 0 Å². The fourth-order valence-corrected chi connectivity index (χ4v) is 4.43. The van der Waals surface area contributed by atoms with Gasteiger partial charge in [0.25, 0.3) is 5.91 Å². The van der Waals surface area contributed by atoms with Crippen molar-refractivity contribution in [3.8, 4) is 11.5 Å². The lowest BCUT2D eigenvalue weighted by Crippen LogP contribution is -2.31. The molecule has 8 heteroatoms. The lowest BCUT2D eigenvalue weighted by Gasteiger charge is -2.26. The van der Waals surface area contributed by atoms with Gasteiger partial charge >= 0.3 is 0 Å². The molecule has 4 rings (SSSR count). The Morgan fingerprint density at radius 1 is 1.24 bits per heavy atom. The monoisotopic (exact) mass is 483 g/mol. The van der Waals surface area contributed by atoms with Crippen LogP contribution in [-0.4, -0.2) is 41.5 Å². The Bertz CT molecular complexity index is 1290. The molecule has 1 aliphatic heterocycles. The third kappa shape index (κ3) is 4.23. The zero-order chi connectivity index (χ0) is 24.6. The summed E-state index contributed by atoms with van der Waals surface area (Å²) in [6, 6.07) is 11.2. The average molecular weight is 484 g/mol. The SMILES string of the molecule is CCCN1C(=O)C(O)=C(C(=O)c2cc3cc(Cl)cc(OC)c3o2)C1c1cccc(OC(C)C)c1. The van der Waals surface area contributed by atoms with Crippen LogP contribution in [0.1, 0.15) is 49.4 Å². The standard InChI is InChI=1S/C26H26ClNO6/c1-5-9-28-22(15-7-6-8-18(11-15)33-14(2)3)21(24(30)26(28)31)23(29)19-12-16-10-17(27)13-20(32-4)25(16)34-19/h6-8,10-14,22,30H,5,9H2,1-4H3. The number of Topliss-reactive ketones (excluding diaryl/α,β-unsaturated/α-hetero) is 1. The Hall–Kier alpha value is -3.45. The van der Waals surface area contributed by atoms with Crippen molar-refractivity contribution in [1.82, 2.24) is 4.90 Å². The van der Waals surface area contributed by atoms with Gasteiger partial charge in [0.05, 0.1) is 24.8 Å². The Balaban J connectivity index is 1.82. The van der Waals surface area contributed by atoms with E-state index in [2.05, 4.69) is 0 Å². The van der Waals surface area contributed by atoms with E-state index >= 15 is 0 Å². The first-order valence-electron chi connectivity index (χ1n) is 11.1. The van der Waals surface area contributed by atoms with Gasteiger partial charge in [-0.2, -0.15) is 0 Å². The molecule has 0 bridgehead atoms. The van der Waals surface area contributed by atoms with E-state index in [0.717, 1.165) is 0 Å². The maximum atomic E-state index is 13.7. The molecule has 0 fully saturated rings. The first-order chi connectivity index (χ1) is 16.2. The predicted octanol–water partition coefficient (Wildman–Crippen LogP) is 5.87. The van der Waals surface area contributed by atoms with E-state index in [4.69, 9.17) is 25.5 Å². The number of furan rings is 1. The molecule has 2 aromatic carbocycles. The van der Waals surface area contributed by atoms with Gasteiger partial charge in [-0.25, -0.2) is 0 Å². The van der Waals surface area contributed by atoms with Crippen molar-refractivity contribution in [2.75, 3.05) is 13.7 Å². The van der Waals surface area contributed by atoms with Crippen LogP contribution >= 0.6 is 11.6 Å². The molecule has 0 saturated carbocycles. The molecule has 0 aliphatic carbocycles. The zero-order valence-electron chi connectivity index (χ0n) is 19.4. The maximum Gasteiger partial charge on any atom is 0.290 e. The Morgan fingerprint density at radius 3 is 2.68 bits per heavy atom. The number of ketones is 1. The van der Waals surface area contributed by atoms with Gasteiger partial charge in [-0.3, -0.25) is 9.59 Å². The van der Waals surface area contributed by atoms with E-state index in [-0.39, 0.29) is 17.4 Å². The molecule has 2 heterocycles. The average Bonchev–Trinajstić information content (AvgIpc) is 3.32. The highest BCUT2D eigenvalue weighted by atomic mass is 35.5. The third-order valence-corrected chi connectivity index (χ3v) is 5.77. The number of fused-ring (bicyclic) bond motifs is 1. The number of carbonyl (C=O) groups excluding carboxylic acids is 2. The van der Waals surface area contributed by atoms with Crippen LogP contribution < -0.4 is 9.47 Å². The van der Waals surface area contributed by atoms with Crippen LogP contribution in [-0.2, 0) is 4.79 Å². The first kappa shape index (κ1) is 23.7.